The third-order valence-corrected chi connectivity index (χ3v) is 3.06. The van der Waals surface area contributed by atoms with Gasteiger partial charge < -0.3 is 9.15 Å². The highest BCUT2D eigenvalue weighted by molar-refractivity contribution is 5.86. The number of carbonyl (C=O) groups is 1. The Labute approximate surface area is 122 Å². The Hall–Kier alpha value is -2.88. The maximum Gasteiger partial charge on any atom is 0.375 e. The molecule has 1 aromatic carbocycles. The summed E-state index contributed by atoms with van der Waals surface area (Å²) in [7, 11) is 0. The Morgan fingerprint density at radius 3 is 2.33 bits per heavy atom. The maximum atomic E-state index is 12.1. The predicted molar refractivity (Wildman–Crippen MR) is 76.6 cm³/mol. The summed E-state index contributed by atoms with van der Waals surface area (Å²) in [6.45, 7) is 0. The Balaban J connectivity index is 1.92. The van der Waals surface area contributed by atoms with Crippen molar-refractivity contribution in [1.82, 2.24) is 4.98 Å². The highest BCUT2D eigenvalue weighted by Gasteiger charge is 2.21. The molecule has 1 atom stereocenters. The lowest BCUT2D eigenvalue weighted by molar-refractivity contribution is 0.0341. The van der Waals surface area contributed by atoms with Crippen LogP contribution in [0.15, 0.2) is 77.7 Å². The first kappa shape index (κ1) is 13.1. The number of pyridine rings is 1. The van der Waals surface area contributed by atoms with E-state index in [0.29, 0.717) is 0 Å². The predicted octanol–water partition coefficient (Wildman–Crippen LogP) is 3.62. The molecule has 0 aliphatic heterocycles. The van der Waals surface area contributed by atoms with Gasteiger partial charge in [-0.3, -0.25) is 4.98 Å². The molecule has 0 spiro atoms. The van der Waals surface area contributed by atoms with E-state index in [9.17, 15) is 4.79 Å². The number of esters is 1. The average molecular weight is 279 g/mol. The van der Waals surface area contributed by atoms with Crippen LogP contribution in [0.5, 0.6) is 0 Å². The summed E-state index contributed by atoms with van der Waals surface area (Å²) in [5.74, 6) is -0.310. The maximum absolute atomic E-state index is 12.1. The Bertz CT molecular complexity index is 654. The second kappa shape index (κ2) is 6.05. The number of rotatable bonds is 4. The van der Waals surface area contributed by atoms with Gasteiger partial charge in [0.1, 0.15) is 0 Å². The van der Waals surface area contributed by atoms with Gasteiger partial charge in [-0.2, -0.15) is 0 Å². The largest absolute Gasteiger partial charge is 0.457 e. The molecule has 0 unspecified atom stereocenters. The molecule has 0 saturated carbocycles. The van der Waals surface area contributed by atoms with Crippen molar-refractivity contribution in [3.8, 4) is 0 Å². The van der Waals surface area contributed by atoms with Gasteiger partial charge in [0, 0.05) is 18.0 Å². The van der Waals surface area contributed by atoms with Crippen molar-refractivity contribution in [2.45, 2.75) is 6.10 Å². The van der Waals surface area contributed by atoms with Gasteiger partial charge in [-0.05, 0) is 29.8 Å². The van der Waals surface area contributed by atoms with E-state index in [4.69, 9.17) is 9.15 Å². The van der Waals surface area contributed by atoms with Crippen LogP contribution in [0.4, 0.5) is 0 Å². The second-order valence-electron chi connectivity index (χ2n) is 4.45. The van der Waals surface area contributed by atoms with E-state index in [1.807, 2.05) is 42.5 Å². The molecule has 2 aromatic heterocycles. The molecular formula is C17H13NO3. The summed E-state index contributed by atoms with van der Waals surface area (Å²) in [5, 5.41) is 0. The molecule has 0 saturated heterocycles. The van der Waals surface area contributed by atoms with E-state index in [1.54, 1.807) is 24.5 Å². The van der Waals surface area contributed by atoms with Gasteiger partial charge >= 0.3 is 5.97 Å². The van der Waals surface area contributed by atoms with Gasteiger partial charge in [0.05, 0.1) is 6.26 Å². The van der Waals surface area contributed by atoms with Crippen molar-refractivity contribution < 1.29 is 13.9 Å². The minimum atomic E-state index is -0.495. The summed E-state index contributed by atoms with van der Waals surface area (Å²) in [5.41, 5.74) is 1.75. The van der Waals surface area contributed by atoms with Gasteiger partial charge in [0.15, 0.2) is 6.10 Å². The Morgan fingerprint density at radius 2 is 1.67 bits per heavy atom. The number of benzene rings is 1. The van der Waals surface area contributed by atoms with Gasteiger partial charge in [-0.1, -0.05) is 30.3 Å². The second-order valence-corrected chi connectivity index (χ2v) is 4.45. The van der Waals surface area contributed by atoms with Crippen LogP contribution in [-0.2, 0) is 4.74 Å². The molecule has 4 nitrogen and oxygen atoms in total. The molecule has 104 valence electrons. The van der Waals surface area contributed by atoms with Crippen molar-refractivity contribution in [1.29, 1.82) is 0 Å². The topological polar surface area (TPSA) is 52.3 Å². The van der Waals surface area contributed by atoms with E-state index < -0.39 is 12.1 Å². The minimum absolute atomic E-state index is 0.185. The van der Waals surface area contributed by atoms with Crippen LogP contribution < -0.4 is 0 Å². The number of aromatic nitrogens is 1. The van der Waals surface area contributed by atoms with Gasteiger partial charge in [-0.25, -0.2) is 4.79 Å². The molecule has 2 heterocycles. The summed E-state index contributed by atoms with van der Waals surface area (Å²) < 4.78 is 10.7. The van der Waals surface area contributed by atoms with Crippen LogP contribution in [0.3, 0.4) is 0 Å². The molecule has 0 bridgehead atoms. The first-order valence-electron chi connectivity index (χ1n) is 6.54. The molecule has 0 N–H and O–H groups in total. The van der Waals surface area contributed by atoms with Crippen LogP contribution in [0.1, 0.15) is 27.8 Å². The fraction of sp³-hybridized carbons (Fsp3) is 0.0588. The normalized spacial score (nSPS) is 11.8. The lowest BCUT2D eigenvalue weighted by Crippen LogP contribution is -2.12. The summed E-state index contributed by atoms with van der Waals surface area (Å²) in [6, 6.07) is 16.5. The minimum Gasteiger partial charge on any atom is -0.457 e. The van der Waals surface area contributed by atoms with Crippen LogP contribution in [0.25, 0.3) is 0 Å². The van der Waals surface area contributed by atoms with Gasteiger partial charge in [0.25, 0.3) is 0 Å². The first-order valence-corrected chi connectivity index (χ1v) is 6.54. The van der Waals surface area contributed by atoms with E-state index in [2.05, 4.69) is 4.98 Å². The van der Waals surface area contributed by atoms with Crippen molar-refractivity contribution in [2.24, 2.45) is 0 Å². The van der Waals surface area contributed by atoms with Crippen LogP contribution in [0.2, 0.25) is 0 Å². The van der Waals surface area contributed by atoms with Gasteiger partial charge in [-0.15, -0.1) is 0 Å². The molecule has 4 heteroatoms. The molecule has 21 heavy (non-hydrogen) atoms. The van der Waals surface area contributed by atoms with Gasteiger partial charge in [0.2, 0.25) is 5.76 Å². The number of furan rings is 1. The van der Waals surface area contributed by atoms with Crippen LogP contribution in [0, 0.1) is 0 Å². The van der Waals surface area contributed by atoms with E-state index in [-0.39, 0.29) is 5.76 Å². The molecule has 3 rings (SSSR count). The highest BCUT2D eigenvalue weighted by atomic mass is 16.6. The smallest absolute Gasteiger partial charge is 0.375 e. The number of carbonyl (C=O) groups excluding carboxylic acids is 1. The SMILES string of the molecule is O=C(O[C@H](c1ccccc1)c1ccncc1)c1ccco1. The molecule has 0 radical (unpaired) electrons. The third kappa shape index (κ3) is 3.00. The third-order valence-electron chi connectivity index (χ3n) is 3.06. The molecule has 0 fully saturated rings. The fourth-order valence-electron chi connectivity index (χ4n) is 2.05. The number of hydrogen-bond donors (Lipinski definition) is 0. The standard InChI is InChI=1S/C17H13NO3/c19-17(15-7-4-12-20-15)21-16(13-5-2-1-3-6-13)14-8-10-18-11-9-14/h1-12,16H/t16-/m1/s1. The van der Waals surface area contributed by atoms with E-state index in [0.717, 1.165) is 11.1 Å². The average Bonchev–Trinajstić information content (AvgIpc) is 3.09. The molecular weight excluding hydrogens is 266 g/mol. The van der Waals surface area contributed by atoms with Crippen molar-refractivity contribution in [2.75, 3.05) is 0 Å². The highest BCUT2D eigenvalue weighted by Crippen LogP contribution is 2.26. The van der Waals surface area contributed by atoms with Crippen molar-refractivity contribution in [3.05, 3.63) is 90.1 Å². The van der Waals surface area contributed by atoms with Crippen LogP contribution in [-0.4, -0.2) is 11.0 Å². The zero-order valence-electron chi connectivity index (χ0n) is 11.2. The van der Waals surface area contributed by atoms with Crippen LogP contribution >= 0.6 is 0 Å². The zero-order valence-corrected chi connectivity index (χ0v) is 11.2. The molecule has 0 amide bonds. The fourth-order valence-corrected chi connectivity index (χ4v) is 2.05. The van der Waals surface area contributed by atoms with Crippen molar-refractivity contribution in [3.63, 3.8) is 0 Å². The number of hydrogen-bond acceptors (Lipinski definition) is 4. The monoisotopic (exact) mass is 279 g/mol. The molecule has 0 aliphatic rings. The first-order chi connectivity index (χ1) is 10.3. The number of ether oxygens (including phenoxy) is 1. The summed E-state index contributed by atoms with van der Waals surface area (Å²) in [6.07, 6.45) is 4.30. The lowest BCUT2D eigenvalue weighted by Gasteiger charge is -2.18. The number of nitrogens with zero attached hydrogens (tertiary/aromatic N) is 1. The summed E-state index contributed by atoms with van der Waals surface area (Å²) >= 11 is 0. The summed E-state index contributed by atoms with van der Waals surface area (Å²) in [4.78, 5) is 16.1. The zero-order chi connectivity index (χ0) is 14.5. The van der Waals surface area contributed by atoms with E-state index in [1.165, 1.54) is 6.26 Å². The van der Waals surface area contributed by atoms with E-state index >= 15 is 0 Å². The lowest BCUT2D eigenvalue weighted by atomic mass is 10.0. The quantitative estimate of drug-likeness (QED) is 0.684. The molecule has 0 aliphatic carbocycles. The Kier molecular flexibility index (Phi) is 3.78. The Morgan fingerprint density at radius 1 is 0.952 bits per heavy atom. The van der Waals surface area contributed by atoms with Crippen molar-refractivity contribution >= 4 is 5.97 Å². The molecule has 3 aromatic rings.